The number of amides is 1. The Hall–Kier alpha value is -3.16. The van der Waals surface area contributed by atoms with Gasteiger partial charge in [-0.05, 0) is 40.8 Å². The molecule has 0 spiro atoms. The molecule has 0 aromatic heterocycles. The normalized spacial score (nSPS) is 18.1. The number of hydrogen-bond donors (Lipinski definition) is 2. The highest BCUT2D eigenvalue weighted by Gasteiger charge is 2.45. The smallest absolute Gasteiger partial charge is 0.295 e. The van der Waals surface area contributed by atoms with Crippen LogP contribution in [-0.2, 0) is 19.7 Å². The highest BCUT2D eigenvalue weighted by molar-refractivity contribution is 6.46. The molecule has 0 radical (unpaired) electrons. The molecule has 0 aliphatic carbocycles. The third kappa shape index (κ3) is 5.26. The number of carbonyl (C=O) groups is 2. The number of likely N-dealkylation sites (tertiary alicyclic amines) is 1. The molecule has 1 saturated heterocycles. The van der Waals surface area contributed by atoms with Crippen LogP contribution in [0.25, 0.3) is 5.76 Å². The van der Waals surface area contributed by atoms with E-state index in [-0.39, 0.29) is 43.1 Å². The van der Waals surface area contributed by atoms with Gasteiger partial charge in [-0.15, -0.1) is 0 Å². The van der Waals surface area contributed by atoms with E-state index in [9.17, 15) is 14.7 Å². The molecular formula is C26H31NO6. The van der Waals surface area contributed by atoms with E-state index < -0.39 is 17.7 Å². The zero-order chi connectivity index (χ0) is 24.2. The maximum Gasteiger partial charge on any atom is 0.295 e. The van der Waals surface area contributed by atoms with Gasteiger partial charge in [-0.25, -0.2) is 0 Å². The molecule has 1 aliphatic heterocycles. The van der Waals surface area contributed by atoms with Gasteiger partial charge < -0.3 is 24.6 Å². The molecule has 7 heteroatoms. The average Bonchev–Trinajstić information content (AvgIpc) is 3.06. The van der Waals surface area contributed by atoms with Crippen molar-refractivity contribution in [2.24, 2.45) is 0 Å². The Labute approximate surface area is 194 Å². The Morgan fingerprint density at radius 2 is 1.64 bits per heavy atom. The lowest BCUT2D eigenvalue weighted by molar-refractivity contribution is -0.140. The van der Waals surface area contributed by atoms with Crippen LogP contribution >= 0.6 is 0 Å². The summed E-state index contributed by atoms with van der Waals surface area (Å²) in [6, 6.07) is 13.6. The predicted octanol–water partition coefficient (Wildman–Crippen LogP) is 3.42. The van der Waals surface area contributed by atoms with Gasteiger partial charge in [0, 0.05) is 12.1 Å². The molecule has 176 valence electrons. The molecule has 3 rings (SSSR count). The van der Waals surface area contributed by atoms with Crippen LogP contribution in [0.4, 0.5) is 0 Å². The van der Waals surface area contributed by atoms with E-state index in [2.05, 4.69) is 20.8 Å². The van der Waals surface area contributed by atoms with Crippen LogP contribution in [0, 0.1) is 0 Å². The number of carbonyl (C=O) groups excluding carboxylic acids is 2. The SMILES string of the molecule is COc1ccc(/C(O)=C2\C(=O)C(=O)N(CCOCCO)C2c2ccc(C(C)(C)C)cc2)cc1. The fourth-order valence-electron chi connectivity index (χ4n) is 3.86. The topological polar surface area (TPSA) is 96.3 Å². The van der Waals surface area contributed by atoms with Gasteiger partial charge in [0.05, 0.1) is 38.5 Å². The summed E-state index contributed by atoms with van der Waals surface area (Å²) in [5, 5.41) is 20.0. The first-order chi connectivity index (χ1) is 15.7. The van der Waals surface area contributed by atoms with Gasteiger partial charge in [0.25, 0.3) is 11.7 Å². The van der Waals surface area contributed by atoms with E-state index in [1.807, 2.05) is 24.3 Å². The number of hydrogen-bond acceptors (Lipinski definition) is 6. The number of rotatable bonds is 8. The molecule has 1 amide bonds. The van der Waals surface area contributed by atoms with Gasteiger partial charge in [-0.1, -0.05) is 45.0 Å². The van der Waals surface area contributed by atoms with Crippen molar-refractivity contribution >= 4 is 17.4 Å². The molecule has 33 heavy (non-hydrogen) atoms. The van der Waals surface area contributed by atoms with Crippen LogP contribution in [0.5, 0.6) is 5.75 Å². The molecule has 0 bridgehead atoms. The average molecular weight is 454 g/mol. The van der Waals surface area contributed by atoms with Gasteiger partial charge in [-0.3, -0.25) is 9.59 Å². The number of Topliss-reactive ketones (excluding diaryl/α,β-unsaturated/α-hetero) is 1. The van der Waals surface area contributed by atoms with Crippen LogP contribution < -0.4 is 4.74 Å². The Morgan fingerprint density at radius 3 is 2.18 bits per heavy atom. The summed E-state index contributed by atoms with van der Waals surface area (Å²) in [5.74, 6) is -1.06. The molecule has 1 aliphatic rings. The van der Waals surface area contributed by atoms with Crippen molar-refractivity contribution in [3.05, 3.63) is 70.8 Å². The fourth-order valence-corrected chi connectivity index (χ4v) is 3.86. The third-order valence-corrected chi connectivity index (χ3v) is 5.71. The second-order valence-corrected chi connectivity index (χ2v) is 8.93. The molecule has 2 aromatic rings. The van der Waals surface area contributed by atoms with Crippen molar-refractivity contribution in [1.82, 2.24) is 4.90 Å². The summed E-state index contributed by atoms with van der Waals surface area (Å²) in [7, 11) is 1.54. The molecule has 1 heterocycles. The Kier molecular flexibility index (Phi) is 7.56. The van der Waals surface area contributed by atoms with E-state index in [0.717, 1.165) is 11.1 Å². The maximum absolute atomic E-state index is 13.0. The van der Waals surface area contributed by atoms with Crippen molar-refractivity contribution in [1.29, 1.82) is 0 Å². The number of ether oxygens (including phenoxy) is 2. The molecule has 0 saturated carbocycles. The molecule has 2 N–H and O–H groups in total. The summed E-state index contributed by atoms with van der Waals surface area (Å²) in [6.07, 6.45) is 0. The Balaban J connectivity index is 2.06. The second-order valence-electron chi connectivity index (χ2n) is 8.93. The van der Waals surface area contributed by atoms with Gasteiger partial charge in [0.1, 0.15) is 11.5 Å². The minimum atomic E-state index is -0.751. The molecular weight excluding hydrogens is 422 g/mol. The number of ketones is 1. The second kappa shape index (κ2) is 10.2. The fraction of sp³-hybridized carbons (Fsp3) is 0.385. The monoisotopic (exact) mass is 453 g/mol. The minimum Gasteiger partial charge on any atom is -0.507 e. The maximum atomic E-state index is 13.0. The van der Waals surface area contributed by atoms with Crippen LogP contribution in [0.2, 0.25) is 0 Å². The predicted molar refractivity (Wildman–Crippen MR) is 125 cm³/mol. The summed E-state index contributed by atoms with van der Waals surface area (Å²) in [5.41, 5.74) is 2.24. The van der Waals surface area contributed by atoms with Gasteiger partial charge in [0.2, 0.25) is 0 Å². The van der Waals surface area contributed by atoms with Crippen LogP contribution in [-0.4, -0.2) is 60.3 Å². The Bertz CT molecular complexity index is 1020. The first-order valence-electron chi connectivity index (χ1n) is 10.9. The number of methoxy groups -OCH3 is 1. The third-order valence-electron chi connectivity index (χ3n) is 5.71. The Morgan fingerprint density at radius 1 is 1.00 bits per heavy atom. The molecule has 2 aromatic carbocycles. The lowest BCUT2D eigenvalue weighted by Crippen LogP contribution is -2.33. The van der Waals surface area contributed by atoms with E-state index in [0.29, 0.717) is 11.3 Å². The summed E-state index contributed by atoms with van der Waals surface area (Å²) >= 11 is 0. The number of benzene rings is 2. The zero-order valence-corrected chi connectivity index (χ0v) is 19.5. The van der Waals surface area contributed by atoms with E-state index >= 15 is 0 Å². The summed E-state index contributed by atoms with van der Waals surface area (Å²) in [6.45, 7) is 6.64. The standard InChI is InChI=1S/C26H31NO6/c1-26(2,3)19-9-5-17(6-10-19)22-21(23(29)18-7-11-20(32-4)12-8-18)24(30)25(31)27(22)13-15-33-16-14-28/h5-12,22,28-29H,13-16H2,1-4H3/b23-21+. The minimum absolute atomic E-state index is 0.0378. The number of nitrogens with zero attached hydrogens (tertiary/aromatic N) is 1. The van der Waals surface area contributed by atoms with Crippen molar-refractivity contribution in [2.75, 3.05) is 33.5 Å². The molecule has 7 nitrogen and oxygen atoms in total. The van der Waals surface area contributed by atoms with Gasteiger partial charge >= 0.3 is 0 Å². The van der Waals surface area contributed by atoms with Crippen molar-refractivity contribution in [2.45, 2.75) is 32.2 Å². The molecule has 1 atom stereocenters. The largest absolute Gasteiger partial charge is 0.507 e. The highest BCUT2D eigenvalue weighted by Crippen LogP contribution is 2.40. The number of aliphatic hydroxyl groups is 2. The van der Waals surface area contributed by atoms with Crippen molar-refractivity contribution in [3.8, 4) is 5.75 Å². The first-order valence-corrected chi connectivity index (χ1v) is 10.9. The van der Waals surface area contributed by atoms with Crippen LogP contribution in [0.3, 0.4) is 0 Å². The van der Waals surface area contributed by atoms with Gasteiger partial charge in [-0.2, -0.15) is 0 Å². The van der Waals surface area contributed by atoms with E-state index in [1.54, 1.807) is 31.4 Å². The first kappa shape index (κ1) is 24.5. The lowest BCUT2D eigenvalue weighted by Gasteiger charge is -2.26. The van der Waals surface area contributed by atoms with E-state index in [1.165, 1.54) is 4.90 Å². The molecule has 1 fully saturated rings. The number of aliphatic hydroxyl groups excluding tert-OH is 2. The summed E-state index contributed by atoms with van der Waals surface area (Å²) < 4.78 is 10.5. The zero-order valence-electron chi connectivity index (χ0n) is 19.5. The van der Waals surface area contributed by atoms with Crippen LogP contribution in [0.15, 0.2) is 54.1 Å². The molecule has 1 unspecified atom stereocenters. The van der Waals surface area contributed by atoms with Crippen molar-refractivity contribution in [3.63, 3.8) is 0 Å². The summed E-state index contributed by atoms with van der Waals surface area (Å²) in [4.78, 5) is 27.4. The quantitative estimate of drug-likeness (QED) is 0.275. The van der Waals surface area contributed by atoms with Gasteiger partial charge in [0.15, 0.2) is 0 Å². The lowest BCUT2D eigenvalue weighted by atomic mass is 9.85. The highest BCUT2D eigenvalue weighted by atomic mass is 16.5. The van der Waals surface area contributed by atoms with E-state index in [4.69, 9.17) is 14.6 Å². The van der Waals surface area contributed by atoms with Crippen molar-refractivity contribution < 1.29 is 29.3 Å². The van der Waals surface area contributed by atoms with Crippen LogP contribution in [0.1, 0.15) is 43.5 Å².